The quantitative estimate of drug-likeness (QED) is 0.849. The van der Waals surface area contributed by atoms with Crippen LogP contribution in [0.25, 0.3) is 10.9 Å². The summed E-state index contributed by atoms with van der Waals surface area (Å²) >= 11 is 0. The van der Waals surface area contributed by atoms with E-state index in [4.69, 9.17) is 0 Å². The van der Waals surface area contributed by atoms with Gasteiger partial charge in [-0.1, -0.05) is 31.5 Å². The summed E-state index contributed by atoms with van der Waals surface area (Å²) in [7, 11) is 0. The zero-order valence-electron chi connectivity index (χ0n) is 13.3. The lowest BCUT2D eigenvalue weighted by atomic mass is 9.94. The van der Waals surface area contributed by atoms with Gasteiger partial charge in [-0.25, -0.2) is 0 Å². The van der Waals surface area contributed by atoms with E-state index in [0.29, 0.717) is 12.5 Å². The Morgan fingerprint density at radius 3 is 2.95 bits per heavy atom. The first-order valence-corrected chi connectivity index (χ1v) is 8.70. The molecular formula is C19H24N2O. The van der Waals surface area contributed by atoms with Gasteiger partial charge in [-0.3, -0.25) is 14.3 Å². The first-order chi connectivity index (χ1) is 10.8. The molecular weight excluding hydrogens is 272 g/mol. The number of carbonyl (C=O) groups excluding carboxylic acids is 1. The molecule has 0 saturated carbocycles. The third-order valence-corrected chi connectivity index (χ3v) is 5.34. The Balaban J connectivity index is 1.89. The smallest absolute Gasteiger partial charge is 0.231 e. The third kappa shape index (κ3) is 2.03. The van der Waals surface area contributed by atoms with Crippen LogP contribution >= 0.6 is 0 Å². The van der Waals surface area contributed by atoms with Gasteiger partial charge in [-0.2, -0.15) is 0 Å². The number of para-hydroxylation sites is 1. The summed E-state index contributed by atoms with van der Waals surface area (Å²) in [5.41, 5.74) is 3.87. The van der Waals surface area contributed by atoms with Gasteiger partial charge in [0.1, 0.15) is 0 Å². The number of carbonyl (C=O) groups is 1. The maximum absolute atomic E-state index is 12.7. The van der Waals surface area contributed by atoms with Crippen molar-refractivity contribution in [3.8, 4) is 0 Å². The largest absolute Gasteiger partial charge is 0.294 e. The average Bonchev–Trinajstić information content (AvgIpc) is 2.77. The fourth-order valence-corrected chi connectivity index (χ4v) is 4.30. The fourth-order valence-electron chi connectivity index (χ4n) is 4.30. The van der Waals surface area contributed by atoms with Crippen LogP contribution < -0.4 is 0 Å². The Kier molecular flexibility index (Phi) is 3.53. The SMILES string of the molecule is CCCCN1CCc2c3n(c4ccccc24)C(=O)CCCC31. The summed E-state index contributed by atoms with van der Waals surface area (Å²) in [6.45, 7) is 4.55. The first-order valence-electron chi connectivity index (χ1n) is 8.70. The number of unbranched alkanes of at least 4 members (excludes halogenated alkanes) is 1. The summed E-state index contributed by atoms with van der Waals surface area (Å²) in [6.07, 6.45) is 6.39. The Hall–Kier alpha value is -1.61. The van der Waals surface area contributed by atoms with E-state index in [-0.39, 0.29) is 5.91 Å². The molecule has 0 radical (unpaired) electrons. The molecule has 2 aromatic rings. The molecule has 0 bridgehead atoms. The van der Waals surface area contributed by atoms with E-state index >= 15 is 0 Å². The van der Waals surface area contributed by atoms with E-state index in [2.05, 4.69) is 40.7 Å². The summed E-state index contributed by atoms with van der Waals surface area (Å²) in [6, 6.07) is 8.90. The van der Waals surface area contributed by atoms with Gasteiger partial charge in [-0.15, -0.1) is 0 Å². The minimum absolute atomic E-state index is 0.289. The van der Waals surface area contributed by atoms with Gasteiger partial charge in [0.25, 0.3) is 0 Å². The van der Waals surface area contributed by atoms with E-state index in [9.17, 15) is 4.79 Å². The van der Waals surface area contributed by atoms with Crippen molar-refractivity contribution >= 4 is 16.8 Å². The van der Waals surface area contributed by atoms with Crippen molar-refractivity contribution < 1.29 is 4.79 Å². The second-order valence-corrected chi connectivity index (χ2v) is 6.66. The standard InChI is InChI=1S/C19H24N2O/c1-2-3-12-20-13-11-15-14-7-4-5-8-16(14)21-18(22)10-6-9-17(20)19(15)21/h4-5,7-8,17H,2-3,6,9-13H2,1H3. The van der Waals surface area contributed by atoms with Crippen LogP contribution in [-0.4, -0.2) is 28.5 Å². The molecule has 3 heteroatoms. The van der Waals surface area contributed by atoms with E-state index in [0.717, 1.165) is 37.9 Å². The highest BCUT2D eigenvalue weighted by molar-refractivity contribution is 5.96. The molecule has 0 saturated heterocycles. The summed E-state index contributed by atoms with van der Waals surface area (Å²) in [5.74, 6) is 0.289. The Morgan fingerprint density at radius 1 is 1.23 bits per heavy atom. The maximum atomic E-state index is 12.7. The third-order valence-electron chi connectivity index (χ3n) is 5.34. The minimum atomic E-state index is 0.289. The van der Waals surface area contributed by atoms with Gasteiger partial charge < -0.3 is 0 Å². The average molecular weight is 296 g/mol. The molecule has 1 aromatic heterocycles. The Bertz CT molecular complexity index is 716. The zero-order chi connectivity index (χ0) is 15.1. The predicted molar refractivity (Wildman–Crippen MR) is 89.3 cm³/mol. The van der Waals surface area contributed by atoms with Crippen LogP contribution in [0.1, 0.15) is 61.1 Å². The van der Waals surface area contributed by atoms with Crippen molar-refractivity contribution in [3.05, 3.63) is 35.5 Å². The van der Waals surface area contributed by atoms with Gasteiger partial charge in [0.15, 0.2) is 0 Å². The highest BCUT2D eigenvalue weighted by Crippen LogP contribution is 2.41. The van der Waals surface area contributed by atoms with Gasteiger partial charge in [-0.05, 0) is 43.9 Å². The number of aromatic nitrogens is 1. The van der Waals surface area contributed by atoms with Crippen LogP contribution in [0.3, 0.4) is 0 Å². The number of benzene rings is 1. The molecule has 116 valence electrons. The number of hydrogen-bond donors (Lipinski definition) is 0. The molecule has 2 aliphatic heterocycles. The van der Waals surface area contributed by atoms with E-state index in [1.807, 2.05) is 0 Å². The lowest BCUT2D eigenvalue weighted by molar-refractivity contribution is 0.0906. The molecule has 3 nitrogen and oxygen atoms in total. The van der Waals surface area contributed by atoms with Crippen LogP contribution in [-0.2, 0) is 6.42 Å². The Morgan fingerprint density at radius 2 is 2.09 bits per heavy atom. The molecule has 0 N–H and O–H groups in total. The maximum Gasteiger partial charge on any atom is 0.231 e. The number of rotatable bonds is 3. The topological polar surface area (TPSA) is 25.2 Å². The van der Waals surface area contributed by atoms with Gasteiger partial charge in [0.2, 0.25) is 5.91 Å². The zero-order valence-corrected chi connectivity index (χ0v) is 13.3. The summed E-state index contributed by atoms with van der Waals surface area (Å²) in [4.78, 5) is 15.3. The molecule has 0 aliphatic carbocycles. The van der Waals surface area contributed by atoms with Crippen LogP contribution in [0.2, 0.25) is 0 Å². The number of fused-ring (bicyclic) bond motifs is 3. The first kappa shape index (κ1) is 14.0. The molecule has 2 aliphatic rings. The molecule has 1 aromatic carbocycles. The second-order valence-electron chi connectivity index (χ2n) is 6.66. The molecule has 0 amide bonds. The monoisotopic (exact) mass is 296 g/mol. The second kappa shape index (κ2) is 5.54. The molecule has 1 atom stereocenters. The van der Waals surface area contributed by atoms with Crippen molar-refractivity contribution in [3.63, 3.8) is 0 Å². The normalized spacial score (nSPS) is 21.9. The highest BCUT2D eigenvalue weighted by Gasteiger charge is 2.35. The molecule has 0 fully saturated rings. The highest BCUT2D eigenvalue weighted by atomic mass is 16.2. The van der Waals surface area contributed by atoms with Crippen molar-refractivity contribution in [2.24, 2.45) is 0 Å². The number of hydrogen-bond acceptors (Lipinski definition) is 2. The van der Waals surface area contributed by atoms with E-state index in [1.54, 1.807) is 0 Å². The lowest BCUT2D eigenvalue weighted by Gasteiger charge is -2.36. The van der Waals surface area contributed by atoms with Gasteiger partial charge in [0.05, 0.1) is 11.6 Å². The van der Waals surface area contributed by atoms with Crippen molar-refractivity contribution in [1.29, 1.82) is 0 Å². The molecule has 0 spiro atoms. The van der Waals surface area contributed by atoms with Crippen molar-refractivity contribution in [2.75, 3.05) is 13.1 Å². The molecule has 4 rings (SSSR count). The van der Waals surface area contributed by atoms with Crippen molar-refractivity contribution in [1.82, 2.24) is 9.47 Å². The van der Waals surface area contributed by atoms with Crippen molar-refractivity contribution in [2.45, 2.75) is 51.5 Å². The van der Waals surface area contributed by atoms with Gasteiger partial charge >= 0.3 is 0 Å². The summed E-state index contributed by atoms with van der Waals surface area (Å²) < 4.78 is 2.06. The van der Waals surface area contributed by atoms with Crippen LogP contribution in [0.5, 0.6) is 0 Å². The molecule has 22 heavy (non-hydrogen) atoms. The van der Waals surface area contributed by atoms with Crippen LogP contribution in [0.15, 0.2) is 24.3 Å². The summed E-state index contributed by atoms with van der Waals surface area (Å²) in [5, 5.41) is 1.30. The van der Waals surface area contributed by atoms with Crippen LogP contribution in [0, 0.1) is 0 Å². The molecule has 3 heterocycles. The lowest BCUT2D eigenvalue weighted by Crippen LogP contribution is -2.36. The fraction of sp³-hybridized carbons (Fsp3) is 0.526. The van der Waals surface area contributed by atoms with E-state index in [1.165, 1.54) is 29.5 Å². The van der Waals surface area contributed by atoms with E-state index < -0.39 is 0 Å². The van der Waals surface area contributed by atoms with Gasteiger partial charge in [0, 0.05) is 24.0 Å². The Labute approximate surface area is 131 Å². The number of nitrogens with zero attached hydrogens (tertiary/aromatic N) is 2. The molecule has 1 unspecified atom stereocenters. The predicted octanol–water partition coefficient (Wildman–Crippen LogP) is 4.16. The minimum Gasteiger partial charge on any atom is -0.294 e. The van der Waals surface area contributed by atoms with Crippen LogP contribution in [0.4, 0.5) is 0 Å².